The van der Waals surface area contributed by atoms with Gasteiger partial charge in [-0.15, -0.1) is 0 Å². The maximum absolute atomic E-state index is 14.0. The SMILES string of the molecule is O=C1c2ccc(cc2)C(=O)C2NC[C@@]3(O)[C@H](O)C[C@H]4C(=O)N(Cc5ccc(cc5)CN5C(=O)[C@H]6[C@H]7C1NC[C@@]7(O)[C@H](O)C[C@H]6C5=O)C(=O)[C@H]4[C@@H]23. The van der Waals surface area contributed by atoms with Gasteiger partial charge in [0.2, 0.25) is 23.6 Å². The highest BCUT2D eigenvalue weighted by Gasteiger charge is 2.69. The molecule has 6 fully saturated rings. The average Bonchev–Trinajstić information content (AvgIpc) is 3.78. The Hall–Kier alpha value is -4.18. The van der Waals surface area contributed by atoms with Crippen LogP contribution in [-0.4, -0.2) is 114 Å². The number of hydrogen-bond acceptors (Lipinski definition) is 12. The Morgan fingerprint density at radius 2 is 0.920 bits per heavy atom. The van der Waals surface area contributed by atoms with Crippen molar-refractivity contribution in [2.75, 3.05) is 13.1 Å². The van der Waals surface area contributed by atoms with Crippen molar-refractivity contribution in [3.05, 3.63) is 70.8 Å². The number of aliphatic hydroxyl groups is 4. The lowest BCUT2D eigenvalue weighted by molar-refractivity contribution is -0.158. The number of amides is 4. The van der Waals surface area contributed by atoms with Gasteiger partial charge >= 0.3 is 0 Å². The smallest absolute Gasteiger partial charge is 0.233 e. The van der Waals surface area contributed by atoms with E-state index in [0.29, 0.717) is 11.1 Å². The summed E-state index contributed by atoms with van der Waals surface area (Å²) in [5, 5.41) is 51.6. The molecule has 0 aromatic heterocycles. The number of ketones is 2. The van der Waals surface area contributed by atoms with E-state index in [9.17, 15) is 49.2 Å². The predicted molar refractivity (Wildman–Crippen MR) is 168 cm³/mol. The number of Topliss-reactive ketones (excluding diaryl/α,β-unsaturated/α-hetero) is 2. The Labute approximate surface area is 285 Å². The van der Waals surface area contributed by atoms with Crippen LogP contribution in [0.5, 0.6) is 0 Å². The van der Waals surface area contributed by atoms with Crippen LogP contribution in [0.15, 0.2) is 48.5 Å². The fraction of sp³-hybridized carbons (Fsp3) is 0.500. The zero-order chi connectivity index (χ0) is 35.0. The first-order chi connectivity index (χ1) is 23.8. The summed E-state index contributed by atoms with van der Waals surface area (Å²) in [6.45, 7) is -0.512. The van der Waals surface area contributed by atoms with Gasteiger partial charge in [0.05, 0.1) is 61.1 Å². The Bertz CT molecular complexity index is 1750. The molecular weight excluding hydrogens is 648 g/mol. The van der Waals surface area contributed by atoms with Crippen LogP contribution < -0.4 is 10.6 Å². The standard InChI is InChI=1S/C36H36N4O10/c41-21-9-19-23-25-27(37-13-35(21,25)49)29(43)17-5-7-18(8-6-17)30(44)28-26-24-20(10-22(42)36(26,50)14-38-28)32(46)40(34(24)48)12-16-2-1-15(3-4-16)11-39(31(19)45)33(23)47/h1-8,19-28,37-38,41-42,49-50H,9-14H2/t19-,20-,21-,22-,23-,24-,25+,26+,27?,28?,35-,36-/m1/s1. The van der Waals surface area contributed by atoms with Gasteiger partial charge in [0.15, 0.2) is 11.6 Å². The van der Waals surface area contributed by atoms with Gasteiger partial charge in [-0.05, 0) is 24.0 Å². The van der Waals surface area contributed by atoms with Crippen molar-refractivity contribution < 1.29 is 49.2 Å². The van der Waals surface area contributed by atoms with Crippen LogP contribution in [0.1, 0.15) is 44.7 Å². The molecule has 4 amide bonds. The number of nitrogens with one attached hydrogen (secondary N) is 2. The Kier molecular flexibility index (Phi) is 6.78. The van der Waals surface area contributed by atoms with Crippen LogP contribution in [0.3, 0.4) is 0 Å². The van der Waals surface area contributed by atoms with E-state index >= 15 is 0 Å². The van der Waals surface area contributed by atoms with E-state index in [2.05, 4.69) is 10.6 Å². The zero-order valence-corrected chi connectivity index (χ0v) is 26.8. The van der Waals surface area contributed by atoms with Crippen molar-refractivity contribution >= 4 is 35.2 Å². The van der Waals surface area contributed by atoms with E-state index in [-0.39, 0.29) is 50.1 Å². The third-order valence-electron chi connectivity index (χ3n) is 12.8. The quantitative estimate of drug-likeness (QED) is 0.169. The van der Waals surface area contributed by atoms with Crippen molar-refractivity contribution in [2.45, 2.75) is 61.4 Å². The van der Waals surface area contributed by atoms with Gasteiger partial charge in [-0.1, -0.05) is 48.5 Å². The summed E-state index contributed by atoms with van der Waals surface area (Å²) in [5.41, 5.74) is -2.18. The van der Waals surface area contributed by atoms with Crippen molar-refractivity contribution in [2.24, 2.45) is 35.5 Å². The third-order valence-corrected chi connectivity index (χ3v) is 12.8. The van der Waals surface area contributed by atoms with Gasteiger partial charge in [-0.2, -0.15) is 0 Å². The highest BCUT2D eigenvalue weighted by Crippen LogP contribution is 2.52. The minimum absolute atomic E-state index is 0.0913. The van der Waals surface area contributed by atoms with E-state index in [0.717, 1.165) is 9.80 Å². The highest BCUT2D eigenvalue weighted by molar-refractivity contribution is 6.09. The Morgan fingerprint density at radius 3 is 1.28 bits per heavy atom. The molecule has 2 aliphatic carbocycles. The van der Waals surface area contributed by atoms with Crippen molar-refractivity contribution in [3.8, 4) is 0 Å². The molecule has 14 heteroatoms. The minimum atomic E-state index is -1.84. The summed E-state index contributed by atoms with van der Waals surface area (Å²) in [4.78, 5) is 85.6. The van der Waals surface area contributed by atoms with E-state index in [4.69, 9.17) is 0 Å². The topological polar surface area (TPSA) is 214 Å². The number of carbonyl (C=O) groups excluding carboxylic acids is 6. The molecule has 14 nitrogen and oxygen atoms in total. The van der Waals surface area contributed by atoms with E-state index in [1.807, 2.05) is 0 Å². The molecule has 2 aromatic rings. The van der Waals surface area contributed by atoms with E-state index in [1.54, 1.807) is 24.3 Å². The van der Waals surface area contributed by atoms with Crippen LogP contribution in [0.2, 0.25) is 0 Å². The van der Waals surface area contributed by atoms with Crippen LogP contribution in [-0.2, 0) is 32.3 Å². The molecule has 8 aliphatic heterocycles. The second-order valence-electron chi connectivity index (χ2n) is 15.2. The number of hydrogen-bond donors (Lipinski definition) is 6. The maximum Gasteiger partial charge on any atom is 0.233 e. The van der Waals surface area contributed by atoms with Gasteiger partial charge in [-0.25, -0.2) is 0 Å². The zero-order valence-electron chi connectivity index (χ0n) is 26.8. The number of benzene rings is 2. The summed E-state index contributed by atoms with van der Waals surface area (Å²) >= 11 is 0. The molecule has 4 saturated heterocycles. The summed E-state index contributed by atoms with van der Waals surface area (Å²) in [5.74, 6) is -9.24. The van der Waals surface area contributed by atoms with Crippen molar-refractivity contribution in [1.29, 1.82) is 0 Å². The number of nitrogens with zero attached hydrogens (tertiary/aromatic N) is 2. The molecule has 10 aliphatic rings. The van der Waals surface area contributed by atoms with Crippen LogP contribution in [0.4, 0.5) is 0 Å². The molecule has 2 unspecified atom stereocenters. The molecule has 12 rings (SSSR count). The molecule has 6 N–H and O–H groups in total. The van der Waals surface area contributed by atoms with Crippen LogP contribution in [0.25, 0.3) is 0 Å². The molecule has 2 aromatic carbocycles. The average molecular weight is 685 g/mol. The van der Waals surface area contributed by atoms with Gasteiger partial charge in [0, 0.05) is 36.1 Å². The first-order valence-corrected chi connectivity index (χ1v) is 17.1. The number of aliphatic hydroxyl groups excluding tert-OH is 2. The molecule has 2 saturated carbocycles. The highest BCUT2D eigenvalue weighted by atomic mass is 16.4. The lowest BCUT2D eigenvalue weighted by Crippen LogP contribution is -2.59. The van der Waals surface area contributed by atoms with E-state index < -0.39 is 106 Å². The molecule has 0 spiro atoms. The summed E-state index contributed by atoms with van der Waals surface area (Å²) in [7, 11) is 0. The van der Waals surface area contributed by atoms with E-state index in [1.165, 1.54) is 24.3 Å². The molecule has 50 heavy (non-hydrogen) atoms. The first kappa shape index (κ1) is 31.8. The Balaban J connectivity index is 1.14. The molecule has 260 valence electrons. The lowest BCUT2D eigenvalue weighted by atomic mass is 9.62. The molecule has 0 radical (unpaired) electrons. The fourth-order valence-corrected chi connectivity index (χ4v) is 10.2. The van der Waals surface area contributed by atoms with Gasteiger partial charge < -0.3 is 31.1 Å². The van der Waals surface area contributed by atoms with Crippen molar-refractivity contribution in [1.82, 2.24) is 20.4 Å². The second kappa shape index (κ2) is 10.7. The summed E-state index contributed by atoms with van der Waals surface area (Å²) in [6.07, 6.45) is -3.01. The predicted octanol–water partition coefficient (Wildman–Crippen LogP) is -1.86. The normalized spacial score (nSPS) is 42.1. The number of β-amino-alcohol motifs (C(OH)–C–C–N with tert-alkyl or cyclic N) is 2. The fourth-order valence-electron chi connectivity index (χ4n) is 10.2. The van der Waals surface area contributed by atoms with Gasteiger partial charge in [0.1, 0.15) is 11.2 Å². The lowest BCUT2D eigenvalue weighted by Gasteiger charge is -2.44. The summed E-state index contributed by atoms with van der Waals surface area (Å²) < 4.78 is 0. The number of imide groups is 2. The van der Waals surface area contributed by atoms with Crippen molar-refractivity contribution in [3.63, 3.8) is 0 Å². The van der Waals surface area contributed by atoms with Crippen LogP contribution in [0, 0.1) is 35.5 Å². The van der Waals surface area contributed by atoms with Gasteiger partial charge in [0.25, 0.3) is 0 Å². The summed E-state index contributed by atoms with van der Waals surface area (Å²) in [6, 6.07) is 10.2. The maximum atomic E-state index is 14.0. The molecule has 12 atom stereocenters. The first-order valence-electron chi connectivity index (χ1n) is 17.1. The number of rotatable bonds is 0. The van der Waals surface area contributed by atoms with Gasteiger partial charge in [-0.3, -0.25) is 38.6 Å². The Morgan fingerprint density at radius 1 is 0.560 bits per heavy atom. The minimum Gasteiger partial charge on any atom is -0.390 e. The second-order valence-corrected chi connectivity index (χ2v) is 15.2. The molecule has 8 heterocycles. The molecule has 8 bridgehead atoms. The van der Waals surface area contributed by atoms with Crippen LogP contribution >= 0.6 is 0 Å². The number of carbonyl (C=O) groups is 6. The monoisotopic (exact) mass is 684 g/mol. The molecular formula is C36H36N4O10. The largest absolute Gasteiger partial charge is 0.390 e. The third kappa shape index (κ3) is 4.11.